The third-order valence-corrected chi connectivity index (χ3v) is 3.69. The van der Waals surface area contributed by atoms with Gasteiger partial charge in [0.1, 0.15) is 5.82 Å². The van der Waals surface area contributed by atoms with Gasteiger partial charge in [0.15, 0.2) is 11.0 Å². The first kappa shape index (κ1) is 13.3. The fraction of sp³-hybridized carbons (Fsp3) is 0.286. The summed E-state index contributed by atoms with van der Waals surface area (Å²) in [5.41, 5.74) is 1.34. The maximum atomic E-state index is 6.13. The Bertz CT molecular complexity index is 844. The van der Waals surface area contributed by atoms with Crippen molar-refractivity contribution in [2.24, 2.45) is 0 Å². The van der Waals surface area contributed by atoms with E-state index in [1.807, 2.05) is 12.1 Å². The van der Waals surface area contributed by atoms with E-state index in [1.54, 1.807) is 23.8 Å². The van der Waals surface area contributed by atoms with Crippen LogP contribution in [0, 0.1) is 0 Å². The van der Waals surface area contributed by atoms with E-state index in [2.05, 4.69) is 25.6 Å². The molecule has 112 valence electrons. The monoisotopic (exact) mass is 316 g/mol. The minimum Gasteiger partial charge on any atom is -0.481 e. The molecule has 0 bridgehead atoms. The van der Waals surface area contributed by atoms with Gasteiger partial charge in [0.2, 0.25) is 11.5 Å². The third kappa shape index (κ3) is 2.33. The van der Waals surface area contributed by atoms with E-state index >= 15 is 0 Å². The second kappa shape index (κ2) is 5.10. The van der Waals surface area contributed by atoms with Crippen LogP contribution in [-0.2, 0) is 0 Å². The van der Waals surface area contributed by atoms with Crippen LogP contribution >= 0.6 is 11.6 Å². The Kier molecular flexibility index (Phi) is 3.07. The molecule has 3 aromatic rings. The second-order valence-corrected chi connectivity index (χ2v) is 5.53. The zero-order valence-corrected chi connectivity index (χ0v) is 12.6. The Morgan fingerprint density at radius 2 is 2.18 bits per heavy atom. The highest BCUT2D eigenvalue weighted by atomic mass is 35.5. The van der Waals surface area contributed by atoms with E-state index in [0.29, 0.717) is 34.1 Å². The molecule has 0 amide bonds. The van der Waals surface area contributed by atoms with Crippen LogP contribution in [0.2, 0.25) is 5.15 Å². The summed E-state index contributed by atoms with van der Waals surface area (Å²) in [6.07, 6.45) is 2.24. The zero-order valence-electron chi connectivity index (χ0n) is 11.8. The molecule has 3 aromatic heterocycles. The minimum absolute atomic E-state index is 0.375. The number of ether oxygens (including phenoxy) is 1. The molecule has 0 saturated heterocycles. The van der Waals surface area contributed by atoms with Gasteiger partial charge in [0, 0.05) is 18.1 Å². The predicted molar refractivity (Wildman–Crippen MR) is 81.8 cm³/mol. The fourth-order valence-electron chi connectivity index (χ4n) is 2.29. The van der Waals surface area contributed by atoms with Crippen molar-refractivity contribution in [2.45, 2.75) is 18.8 Å². The highest BCUT2D eigenvalue weighted by molar-refractivity contribution is 6.29. The summed E-state index contributed by atoms with van der Waals surface area (Å²) in [4.78, 5) is 4.32. The van der Waals surface area contributed by atoms with Crippen molar-refractivity contribution in [1.29, 1.82) is 0 Å². The molecule has 0 atom stereocenters. The lowest BCUT2D eigenvalue weighted by Crippen LogP contribution is -2.02. The molecule has 0 spiro atoms. The summed E-state index contributed by atoms with van der Waals surface area (Å²) in [6, 6.07) is 7.19. The number of nitrogens with zero attached hydrogens (tertiary/aromatic N) is 5. The van der Waals surface area contributed by atoms with Gasteiger partial charge in [-0.2, -0.15) is 14.6 Å². The zero-order chi connectivity index (χ0) is 15.1. The Labute approximate surface area is 131 Å². The van der Waals surface area contributed by atoms with E-state index in [1.165, 1.54) is 0 Å². The average Bonchev–Trinajstić information content (AvgIpc) is 3.27. The lowest BCUT2D eigenvalue weighted by atomic mass is 10.4. The summed E-state index contributed by atoms with van der Waals surface area (Å²) >= 11 is 6.13. The second-order valence-electron chi connectivity index (χ2n) is 5.14. The van der Waals surface area contributed by atoms with Gasteiger partial charge in [0.25, 0.3) is 0 Å². The third-order valence-electron chi connectivity index (χ3n) is 3.50. The van der Waals surface area contributed by atoms with Gasteiger partial charge in [-0.05, 0) is 18.9 Å². The topological polar surface area (TPSA) is 77.2 Å². The molecule has 1 aliphatic carbocycles. The van der Waals surface area contributed by atoms with Gasteiger partial charge in [-0.15, -0.1) is 10.2 Å². The fourth-order valence-corrected chi connectivity index (χ4v) is 2.48. The number of hydrogen-bond donors (Lipinski definition) is 1. The molecule has 1 aliphatic rings. The van der Waals surface area contributed by atoms with Crippen molar-refractivity contribution in [3.63, 3.8) is 0 Å². The first-order valence-electron chi connectivity index (χ1n) is 6.94. The first-order valence-corrected chi connectivity index (χ1v) is 7.32. The predicted octanol–water partition coefficient (Wildman–Crippen LogP) is 2.80. The molecule has 8 heteroatoms. The molecular weight excluding hydrogens is 304 g/mol. The molecule has 7 nitrogen and oxygen atoms in total. The van der Waals surface area contributed by atoms with Crippen LogP contribution < -0.4 is 10.1 Å². The van der Waals surface area contributed by atoms with Gasteiger partial charge < -0.3 is 10.1 Å². The number of aromatic nitrogens is 5. The normalized spacial score (nSPS) is 14.3. The van der Waals surface area contributed by atoms with E-state index < -0.39 is 0 Å². The molecule has 1 fully saturated rings. The van der Waals surface area contributed by atoms with Crippen LogP contribution in [0.15, 0.2) is 24.3 Å². The Morgan fingerprint density at radius 3 is 2.95 bits per heavy atom. The van der Waals surface area contributed by atoms with E-state index in [9.17, 15) is 0 Å². The van der Waals surface area contributed by atoms with Crippen LogP contribution in [0.4, 0.5) is 11.5 Å². The van der Waals surface area contributed by atoms with Crippen LogP contribution in [-0.4, -0.2) is 31.9 Å². The molecule has 0 radical (unpaired) electrons. The molecular formula is C14H13ClN6O. The lowest BCUT2D eigenvalue weighted by molar-refractivity contribution is 0.398. The number of pyridine rings is 1. The number of anilines is 2. The number of rotatable bonds is 4. The van der Waals surface area contributed by atoms with Crippen LogP contribution in [0.1, 0.15) is 24.6 Å². The molecule has 1 saturated carbocycles. The summed E-state index contributed by atoms with van der Waals surface area (Å²) in [5.74, 6) is 2.46. The number of hydrogen-bond acceptors (Lipinski definition) is 6. The van der Waals surface area contributed by atoms with Gasteiger partial charge in [-0.25, -0.2) is 0 Å². The largest absolute Gasteiger partial charge is 0.481 e. The molecule has 0 aliphatic heterocycles. The van der Waals surface area contributed by atoms with Gasteiger partial charge in [-0.3, -0.25) is 0 Å². The summed E-state index contributed by atoms with van der Waals surface area (Å²) < 4.78 is 6.84. The first-order chi connectivity index (χ1) is 10.7. The van der Waals surface area contributed by atoms with Crippen LogP contribution in [0.3, 0.4) is 0 Å². The van der Waals surface area contributed by atoms with Crippen molar-refractivity contribution in [3.8, 4) is 5.88 Å². The summed E-state index contributed by atoms with van der Waals surface area (Å²) in [5, 5.41) is 16.3. The van der Waals surface area contributed by atoms with E-state index in [0.717, 1.165) is 18.7 Å². The van der Waals surface area contributed by atoms with Gasteiger partial charge in [0.05, 0.1) is 12.8 Å². The quantitative estimate of drug-likeness (QED) is 0.797. The molecule has 4 rings (SSSR count). The molecule has 1 N–H and O–H groups in total. The number of nitrogens with one attached hydrogen (secondary N) is 1. The summed E-state index contributed by atoms with van der Waals surface area (Å²) in [7, 11) is 1.58. The van der Waals surface area contributed by atoms with Crippen molar-refractivity contribution in [2.75, 3.05) is 12.4 Å². The van der Waals surface area contributed by atoms with Crippen molar-refractivity contribution >= 4 is 28.8 Å². The average molecular weight is 317 g/mol. The smallest absolute Gasteiger partial charge is 0.214 e. The maximum Gasteiger partial charge on any atom is 0.214 e. The molecule has 22 heavy (non-hydrogen) atoms. The standard InChI is InChI=1S/C14H13ClN6O/c1-22-12-4-2-3-11(17-12)16-9-7-10(15)20-21-13(8-5-6-8)18-19-14(9)21/h2-4,7-8H,5-6H2,1H3,(H,16,17). The van der Waals surface area contributed by atoms with Crippen LogP contribution in [0.5, 0.6) is 5.88 Å². The summed E-state index contributed by atoms with van der Waals surface area (Å²) in [6.45, 7) is 0. The van der Waals surface area contributed by atoms with Crippen LogP contribution in [0.25, 0.3) is 5.65 Å². The highest BCUT2D eigenvalue weighted by Crippen LogP contribution is 2.39. The van der Waals surface area contributed by atoms with Gasteiger partial charge >= 0.3 is 0 Å². The Hall–Kier alpha value is -2.41. The highest BCUT2D eigenvalue weighted by Gasteiger charge is 2.30. The lowest BCUT2D eigenvalue weighted by Gasteiger charge is -2.08. The Morgan fingerprint density at radius 1 is 1.32 bits per heavy atom. The SMILES string of the molecule is COc1cccc(Nc2cc(Cl)nn3c(C4CC4)nnc23)n1. The molecule has 0 aromatic carbocycles. The Balaban J connectivity index is 1.77. The van der Waals surface area contributed by atoms with Crippen molar-refractivity contribution < 1.29 is 4.74 Å². The number of methoxy groups -OCH3 is 1. The minimum atomic E-state index is 0.375. The van der Waals surface area contributed by atoms with Crippen molar-refractivity contribution in [1.82, 2.24) is 24.8 Å². The maximum absolute atomic E-state index is 6.13. The van der Waals surface area contributed by atoms with E-state index in [-0.39, 0.29) is 0 Å². The van der Waals surface area contributed by atoms with Gasteiger partial charge in [-0.1, -0.05) is 17.7 Å². The van der Waals surface area contributed by atoms with E-state index in [4.69, 9.17) is 16.3 Å². The molecule has 3 heterocycles. The van der Waals surface area contributed by atoms with Crippen molar-refractivity contribution in [3.05, 3.63) is 35.2 Å². The molecule has 0 unspecified atom stereocenters. The number of halogens is 1. The number of fused-ring (bicyclic) bond motifs is 1.